The van der Waals surface area contributed by atoms with E-state index >= 15 is 0 Å². The molecule has 5 nitrogen and oxygen atoms in total. The molecule has 0 fully saturated rings. The predicted molar refractivity (Wildman–Crippen MR) is 265 cm³/mol. The molecule has 0 aliphatic heterocycles. The smallest absolute Gasteiger partial charge is 0.238 e. The van der Waals surface area contributed by atoms with Crippen molar-refractivity contribution in [2.75, 3.05) is 0 Å². The SMILES string of the molecule is c1ccc(-c2cccc(-c3nc(-c4ccccc4)nc(-n4c5ccc6c(c7ccccc7n6-c6cccc(-c7ccccc7)c6)c5c5c6ccccc6c6ccccc6c54)n3)c2)cc1. The van der Waals surface area contributed by atoms with Crippen molar-refractivity contribution in [1.29, 1.82) is 0 Å². The molecule has 13 rings (SSSR count). The van der Waals surface area contributed by atoms with Crippen molar-refractivity contribution in [3.63, 3.8) is 0 Å². The number of nitrogens with zero attached hydrogens (tertiary/aromatic N) is 5. The van der Waals surface area contributed by atoms with E-state index in [1.807, 2.05) is 24.3 Å². The van der Waals surface area contributed by atoms with Crippen LogP contribution in [0.4, 0.5) is 0 Å². The first-order valence-electron chi connectivity index (χ1n) is 21.7. The number of fused-ring (bicyclic) bond motifs is 12. The van der Waals surface area contributed by atoms with Gasteiger partial charge in [0.1, 0.15) is 0 Å². The molecule has 3 aromatic heterocycles. The van der Waals surface area contributed by atoms with Gasteiger partial charge in [0.05, 0.1) is 22.1 Å². The van der Waals surface area contributed by atoms with Crippen LogP contribution in [0.15, 0.2) is 224 Å². The second kappa shape index (κ2) is 14.5. The first-order valence-corrected chi connectivity index (χ1v) is 21.7. The Morgan fingerprint density at radius 3 is 1.44 bits per heavy atom. The standard InChI is InChI=1S/C59H37N5/c1-4-18-38(19-5-1)41-24-16-26-43(36-41)58-60-57(40-22-8-3-9-23-40)61-59(62-58)64-52-35-34-51-53(55(52)54-47-30-12-10-28-45(47)46-29-11-13-31-48(46)56(54)64)49-32-14-15-33-50(49)63(51)44-27-17-25-42(37-44)39-20-6-2-7-21-39/h1-37H. The molecule has 0 radical (unpaired) electrons. The maximum Gasteiger partial charge on any atom is 0.238 e. The topological polar surface area (TPSA) is 48.5 Å². The third kappa shape index (κ3) is 5.61. The fraction of sp³-hybridized carbons (Fsp3) is 0. The van der Waals surface area contributed by atoms with E-state index in [4.69, 9.17) is 15.0 Å². The normalized spacial score (nSPS) is 11.8. The molecule has 0 aliphatic carbocycles. The van der Waals surface area contributed by atoms with Gasteiger partial charge in [0.15, 0.2) is 11.6 Å². The van der Waals surface area contributed by atoms with Gasteiger partial charge in [-0.25, -0.2) is 4.98 Å². The van der Waals surface area contributed by atoms with Crippen molar-refractivity contribution < 1.29 is 0 Å². The molecule has 0 saturated carbocycles. The van der Waals surface area contributed by atoms with Crippen LogP contribution in [0, 0.1) is 0 Å². The fourth-order valence-electron chi connectivity index (χ4n) is 9.94. The Morgan fingerprint density at radius 2 is 0.750 bits per heavy atom. The molecule has 298 valence electrons. The summed E-state index contributed by atoms with van der Waals surface area (Å²) in [6, 6.07) is 79.7. The number of rotatable bonds is 6. The molecule has 10 aromatic carbocycles. The van der Waals surface area contributed by atoms with Gasteiger partial charge in [-0.1, -0.05) is 188 Å². The van der Waals surface area contributed by atoms with Crippen molar-refractivity contribution in [1.82, 2.24) is 24.1 Å². The van der Waals surface area contributed by atoms with Crippen LogP contribution in [0.25, 0.3) is 122 Å². The summed E-state index contributed by atoms with van der Waals surface area (Å²) in [5, 5.41) is 9.42. The average Bonchev–Trinajstić information content (AvgIpc) is 3.91. The van der Waals surface area contributed by atoms with Gasteiger partial charge in [-0.15, -0.1) is 0 Å². The highest BCUT2D eigenvalue weighted by Crippen LogP contribution is 2.47. The maximum absolute atomic E-state index is 5.46. The highest BCUT2D eigenvalue weighted by atomic mass is 15.2. The van der Waals surface area contributed by atoms with Crippen molar-refractivity contribution in [2.24, 2.45) is 0 Å². The zero-order valence-electron chi connectivity index (χ0n) is 34.6. The van der Waals surface area contributed by atoms with Gasteiger partial charge in [0.25, 0.3) is 0 Å². The summed E-state index contributed by atoms with van der Waals surface area (Å²) in [5.74, 6) is 1.78. The van der Waals surface area contributed by atoms with Crippen molar-refractivity contribution in [3.05, 3.63) is 224 Å². The molecule has 64 heavy (non-hydrogen) atoms. The minimum absolute atomic E-state index is 0.563. The molecule has 13 aromatic rings. The van der Waals surface area contributed by atoms with E-state index in [1.54, 1.807) is 0 Å². The van der Waals surface area contributed by atoms with Gasteiger partial charge in [0.2, 0.25) is 5.95 Å². The highest BCUT2D eigenvalue weighted by Gasteiger charge is 2.26. The Labute approximate surface area is 368 Å². The third-order valence-corrected chi connectivity index (χ3v) is 12.7. The lowest BCUT2D eigenvalue weighted by atomic mass is 9.95. The average molecular weight is 816 g/mol. The first-order chi connectivity index (χ1) is 31.8. The molecule has 0 N–H and O–H groups in total. The zero-order valence-corrected chi connectivity index (χ0v) is 34.6. The van der Waals surface area contributed by atoms with Crippen LogP contribution >= 0.6 is 0 Å². The van der Waals surface area contributed by atoms with Crippen LogP contribution < -0.4 is 0 Å². The van der Waals surface area contributed by atoms with Gasteiger partial charge in [-0.05, 0) is 74.8 Å². The summed E-state index contributed by atoms with van der Waals surface area (Å²) >= 11 is 0. The third-order valence-electron chi connectivity index (χ3n) is 12.7. The minimum Gasteiger partial charge on any atom is -0.309 e. The fourth-order valence-corrected chi connectivity index (χ4v) is 9.94. The Balaban J connectivity index is 1.17. The van der Waals surface area contributed by atoms with Crippen molar-refractivity contribution >= 4 is 65.2 Å². The monoisotopic (exact) mass is 815 g/mol. The van der Waals surface area contributed by atoms with Crippen LogP contribution in [0.3, 0.4) is 0 Å². The summed E-state index contributed by atoms with van der Waals surface area (Å²) < 4.78 is 4.73. The highest BCUT2D eigenvalue weighted by molar-refractivity contribution is 6.38. The lowest BCUT2D eigenvalue weighted by molar-refractivity contribution is 0.955. The quantitative estimate of drug-likeness (QED) is 0.157. The molecule has 3 heterocycles. The van der Waals surface area contributed by atoms with Gasteiger partial charge in [-0.3, -0.25) is 4.57 Å². The maximum atomic E-state index is 5.46. The summed E-state index contributed by atoms with van der Waals surface area (Å²) in [6.07, 6.45) is 0. The van der Waals surface area contributed by atoms with E-state index in [1.165, 1.54) is 43.4 Å². The van der Waals surface area contributed by atoms with Crippen LogP contribution in [0.1, 0.15) is 0 Å². The Bertz CT molecular complexity index is 3940. The second-order valence-corrected chi connectivity index (χ2v) is 16.4. The molecule has 0 unspecified atom stereocenters. The van der Waals surface area contributed by atoms with Gasteiger partial charge < -0.3 is 4.57 Å². The second-order valence-electron chi connectivity index (χ2n) is 16.4. The van der Waals surface area contributed by atoms with E-state index in [0.717, 1.165) is 60.8 Å². The van der Waals surface area contributed by atoms with Crippen LogP contribution in [-0.4, -0.2) is 24.1 Å². The first kappa shape index (κ1) is 36.0. The molecule has 0 atom stereocenters. The van der Waals surface area contributed by atoms with Gasteiger partial charge >= 0.3 is 0 Å². The van der Waals surface area contributed by atoms with E-state index in [0.29, 0.717) is 17.6 Å². The molecule has 0 saturated heterocycles. The molecule has 0 spiro atoms. The number of hydrogen-bond donors (Lipinski definition) is 0. The molecule has 5 heteroatoms. The molecular formula is C59H37N5. The van der Waals surface area contributed by atoms with Crippen LogP contribution in [-0.2, 0) is 0 Å². The van der Waals surface area contributed by atoms with E-state index in [2.05, 4.69) is 209 Å². The number of aromatic nitrogens is 5. The Kier molecular flexibility index (Phi) is 8.15. The Hall–Kier alpha value is -8.67. The molecule has 0 amide bonds. The Morgan fingerprint density at radius 1 is 0.266 bits per heavy atom. The summed E-state index contributed by atoms with van der Waals surface area (Å²) in [6.45, 7) is 0. The lowest BCUT2D eigenvalue weighted by Crippen LogP contribution is -2.06. The lowest BCUT2D eigenvalue weighted by Gasteiger charge is -2.13. The molecular weight excluding hydrogens is 779 g/mol. The van der Waals surface area contributed by atoms with Crippen LogP contribution in [0.2, 0.25) is 0 Å². The number of benzene rings is 10. The number of para-hydroxylation sites is 1. The summed E-state index contributed by atoms with van der Waals surface area (Å²) in [7, 11) is 0. The zero-order chi connectivity index (χ0) is 42.1. The minimum atomic E-state index is 0.563. The number of hydrogen-bond acceptors (Lipinski definition) is 3. The largest absolute Gasteiger partial charge is 0.309 e. The predicted octanol–water partition coefficient (Wildman–Crippen LogP) is 15.0. The summed E-state index contributed by atoms with van der Waals surface area (Å²) in [4.78, 5) is 16.1. The molecule has 0 aliphatic rings. The van der Waals surface area contributed by atoms with Crippen molar-refractivity contribution in [2.45, 2.75) is 0 Å². The van der Waals surface area contributed by atoms with Gasteiger partial charge in [-0.2, -0.15) is 9.97 Å². The summed E-state index contributed by atoms with van der Waals surface area (Å²) in [5.41, 5.74) is 11.9. The van der Waals surface area contributed by atoms with Gasteiger partial charge in [0, 0.05) is 43.7 Å². The molecule has 0 bridgehead atoms. The van der Waals surface area contributed by atoms with Crippen molar-refractivity contribution in [3.8, 4) is 56.7 Å². The van der Waals surface area contributed by atoms with E-state index in [-0.39, 0.29) is 0 Å². The van der Waals surface area contributed by atoms with E-state index < -0.39 is 0 Å². The van der Waals surface area contributed by atoms with E-state index in [9.17, 15) is 0 Å². The van der Waals surface area contributed by atoms with Crippen LogP contribution in [0.5, 0.6) is 0 Å².